The van der Waals surface area contributed by atoms with Crippen LogP contribution in [0.2, 0.25) is 5.02 Å². The van der Waals surface area contributed by atoms with Crippen LogP contribution in [-0.4, -0.2) is 23.8 Å². The molecular formula is C12H16ClFN2. The first kappa shape index (κ1) is 13.0. The van der Waals surface area contributed by atoms with Gasteiger partial charge < -0.3 is 4.90 Å². The zero-order chi connectivity index (χ0) is 12.1. The Kier molecular flexibility index (Phi) is 4.74. The largest absolute Gasteiger partial charge is 0.361 e. The first-order chi connectivity index (χ1) is 7.60. The Balaban J connectivity index is 2.84. The van der Waals surface area contributed by atoms with E-state index in [1.165, 1.54) is 6.07 Å². The molecule has 0 saturated carbocycles. The number of nitrogens with one attached hydrogen (secondary N) is 1. The van der Waals surface area contributed by atoms with Crippen molar-refractivity contribution in [1.82, 2.24) is 4.90 Å². The van der Waals surface area contributed by atoms with Crippen LogP contribution in [0.4, 0.5) is 4.39 Å². The van der Waals surface area contributed by atoms with Crippen molar-refractivity contribution < 1.29 is 4.39 Å². The minimum absolute atomic E-state index is 0.243. The molecule has 0 aliphatic heterocycles. The van der Waals surface area contributed by atoms with E-state index in [2.05, 4.69) is 0 Å². The maximum atomic E-state index is 13.5. The maximum absolute atomic E-state index is 13.5. The van der Waals surface area contributed by atoms with Gasteiger partial charge in [-0.15, -0.1) is 0 Å². The van der Waals surface area contributed by atoms with Gasteiger partial charge in [-0.05, 0) is 26.0 Å². The van der Waals surface area contributed by atoms with Crippen molar-refractivity contribution >= 4 is 17.4 Å². The van der Waals surface area contributed by atoms with Gasteiger partial charge in [-0.3, -0.25) is 5.41 Å². The third-order valence-corrected chi connectivity index (χ3v) is 2.91. The fraction of sp³-hybridized carbons (Fsp3) is 0.417. The Labute approximate surface area is 101 Å². The molecule has 2 nitrogen and oxygen atoms in total. The van der Waals surface area contributed by atoms with Crippen LogP contribution in [-0.2, 0) is 6.42 Å². The van der Waals surface area contributed by atoms with E-state index in [1.54, 1.807) is 12.1 Å². The van der Waals surface area contributed by atoms with Crippen molar-refractivity contribution in [3.05, 3.63) is 34.6 Å². The molecule has 1 aromatic carbocycles. The molecule has 0 spiro atoms. The molecule has 88 valence electrons. The summed E-state index contributed by atoms with van der Waals surface area (Å²) in [6.07, 6.45) is 0.243. The number of halogens is 2. The zero-order valence-electron chi connectivity index (χ0n) is 9.56. The molecule has 1 rings (SSSR count). The number of hydrogen-bond donors (Lipinski definition) is 1. The summed E-state index contributed by atoms with van der Waals surface area (Å²) in [5.41, 5.74) is 0.404. The highest BCUT2D eigenvalue weighted by atomic mass is 35.5. The highest BCUT2D eigenvalue weighted by molar-refractivity contribution is 6.31. The van der Waals surface area contributed by atoms with Crippen LogP contribution in [0.1, 0.15) is 19.4 Å². The first-order valence-corrected chi connectivity index (χ1v) is 5.73. The molecule has 0 fully saturated rings. The molecular weight excluding hydrogens is 227 g/mol. The van der Waals surface area contributed by atoms with Gasteiger partial charge in [0.1, 0.15) is 11.7 Å². The molecule has 1 N–H and O–H groups in total. The number of rotatable bonds is 4. The van der Waals surface area contributed by atoms with E-state index in [-0.39, 0.29) is 12.2 Å². The van der Waals surface area contributed by atoms with Crippen LogP contribution < -0.4 is 0 Å². The lowest BCUT2D eigenvalue weighted by Gasteiger charge is -2.22. The van der Waals surface area contributed by atoms with Crippen LogP contribution in [0.25, 0.3) is 0 Å². The Morgan fingerprint density at radius 1 is 1.38 bits per heavy atom. The minimum atomic E-state index is -0.343. The molecule has 0 aliphatic carbocycles. The van der Waals surface area contributed by atoms with Gasteiger partial charge in [-0.2, -0.15) is 0 Å². The van der Waals surface area contributed by atoms with E-state index in [9.17, 15) is 4.39 Å². The summed E-state index contributed by atoms with van der Waals surface area (Å²) < 4.78 is 13.5. The summed E-state index contributed by atoms with van der Waals surface area (Å²) in [6, 6.07) is 4.59. The number of nitrogens with zero attached hydrogens (tertiary/aromatic N) is 1. The third kappa shape index (κ3) is 2.95. The lowest BCUT2D eigenvalue weighted by atomic mass is 10.1. The van der Waals surface area contributed by atoms with Crippen molar-refractivity contribution in [2.45, 2.75) is 20.3 Å². The topological polar surface area (TPSA) is 27.1 Å². The molecule has 0 saturated heterocycles. The van der Waals surface area contributed by atoms with Gasteiger partial charge in [0.25, 0.3) is 0 Å². The normalized spacial score (nSPS) is 10.2. The molecule has 0 bridgehead atoms. The Hall–Kier alpha value is -1.09. The Morgan fingerprint density at radius 2 is 2.00 bits per heavy atom. The van der Waals surface area contributed by atoms with Gasteiger partial charge in [-0.1, -0.05) is 17.7 Å². The van der Waals surface area contributed by atoms with Gasteiger partial charge in [0.2, 0.25) is 0 Å². The van der Waals surface area contributed by atoms with E-state index in [0.717, 1.165) is 13.1 Å². The van der Waals surface area contributed by atoms with E-state index >= 15 is 0 Å². The summed E-state index contributed by atoms with van der Waals surface area (Å²) in [5, 5.41) is 8.26. The third-order valence-electron chi connectivity index (χ3n) is 2.55. The number of amidine groups is 1. The molecule has 4 heteroatoms. The van der Waals surface area contributed by atoms with Gasteiger partial charge >= 0.3 is 0 Å². The number of benzene rings is 1. The second-order valence-corrected chi connectivity index (χ2v) is 3.90. The quantitative estimate of drug-likeness (QED) is 0.636. The van der Waals surface area contributed by atoms with Crippen molar-refractivity contribution in [2.24, 2.45) is 0 Å². The average molecular weight is 243 g/mol. The Bertz CT molecular complexity index is 355. The fourth-order valence-electron chi connectivity index (χ4n) is 1.59. The van der Waals surface area contributed by atoms with Crippen LogP contribution in [0.5, 0.6) is 0 Å². The van der Waals surface area contributed by atoms with Crippen molar-refractivity contribution in [2.75, 3.05) is 13.1 Å². The summed E-state index contributed by atoms with van der Waals surface area (Å²) in [4.78, 5) is 1.88. The summed E-state index contributed by atoms with van der Waals surface area (Å²) >= 11 is 5.91. The van der Waals surface area contributed by atoms with Crippen LogP contribution >= 0.6 is 11.6 Å². The molecule has 0 atom stereocenters. The second-order valence-electron chi connectivity index (χ2n) is 3.50. The molecule has 0 unspecified atom stereocenters. The van der Waals surface area contributed by atoms with Gasteiger partial charge in [0.05, 0.1) is 0 Å². The fourth-order valence-corrected chi connectivity index (χ4v) is 1.82. The predicted molar refractivity (Wildman–Crippen MR) is 65.8 cm³/mol. The lowest BCUT2D eigenvalue weighted by molar-refractivity contribution is 0.454. The van der Waals surface area contributed by atoms with Gasteiger partial charge in [0.15, 0.2) is 0 Å². The van der Waals surface area contributed by atoms with Crippen LogP contribution in [0.3, 0.4) is 0 Å². The summed E-state index contributed by atoms with van der Waals surface area (Å²) in [7, 11) is 0. The lowest BCUT2D eigenvalue weighted by Crippen LogP contribution is -2.31. The molecule has 0 amide bonds. The Morgan fingerprint density at radius 3 is 2.50 bits per heavy atom. The molecule has 0 aromatic heterocycles. The van der Waals surface area contributed by atoms with Gasteiger partial charge in [0, 0.05) is 30.1 Å². The van der Waals surface area contributed by atoms with Crippen LogP contribution in [0.15, 0.2) is 18.2 Å². The van der Waals surface area contributed by atoms with E-state index in [1.807, 2.05) is 18.7 Å². The minimum Gasteiger partial charge on any atom is -0.361 e. The monoisotopic (exact) mass is 242 g/mol. The van der Waals surface area contributed by atoms with Crippen molar-refractivity contribution in [3.63, 3.8) is 0 Å². The number of likely N-dealkylation sites (N-methyl/N-ethyl adjacent to an activating group) is 1. The van der Waals surface area contributed by atoms with E-state index in [4.69, 9.17) is 17.0 Å². The molecule has 0 aliphatic rings. The highest BCUT2D eigenvalue weighted by Gasteiger charge is 2.12. The predicted octanol–water partition coefficient (Wildman–Crippen LogP) is 3.34. The zero-order valence-corrected chi connectivity index (χ0v) is 10.3. The molecule has 0 radical (unpaired) electrons. The number of hydrogen-bond acceptors (Lipinski definition) is 1. The molecule has 16 heavy (non-hydrogen) atoms. The van der Waals surface area contributed by atoms with Gasteiger partial charge in [-0.25, -0.2) is 4.39 Å². The van der Waals surface area contributed by atoms with E-state index in [0.29, 0.717) is 16.4 Å². The molecule has 0 heterocycles. The van der Waals surface area contributed by atoms with Crippen LogP contribution in [0, 0.1) is 11.2 Å². The summed E-state index contributed by atoms with van der Waals surface area (Å²) in [5.74, 6) is 0.0569. The van der Waals surface area contributed by atoms with Crippen molar-refractivity contribution in [1.29, 1.82) is 5.41 Å². The smallest absolute Gasteiger partial charge is 0.128 e. The molecule has 1 aromatic rings. The SMILES string of the molecule is CCN(CC)C(=N)Cc1c(F)cccc1Cl. The average Bonchev–Trinajstić information content (AvgIpc) is 2.25. The highest BCUT2D eigenvalue weighted by Crippen LogP contribution is 2.20. The standard InChI is InChI=1S/C12H16ClFN2/c1-3-16(4-2)12(15)8-9-10(13)6-5-7-11(9)14/h5-7,15H,3-4,8H2,1-2H3. The van der Waals surface area contributed by atoms with E-state index < -0.39 is 0 Å². The first-order valence-electron chi connectivity index (χ1n) is 5.35. The van der Waals surface area contributed by atoms with Crippen molar-refractivity contribution in [3.8, 4) is 0 Å². The maximum Gasteiger partial charge on any atom is 0.128 e. The summed E-state index contributed by atoms with van der Waals surface area (Å²) in [6.45, 7) is 5.45. The second kappa shape index (κ2) is 5.85.